The number of rotatable bonds is 7. The second-order valence-electron chi connectivity index (χ2n) is 3.74. The fourth-order valence-electron chi connectivity index (χ4n) is 1.62. The smallest absolute Gasteiger partial charge is 0.00181 e. The van der Waals surface area contributed by atoms with Crippen molar-refractivity contribution in [3.63, 3.8) is 0 Å². The molecule has 0 aliphatic heterocycles. The minimum atomic E-state index is 0.879. The van der Waals surface area contributed by atoms with E-state index in [9.17, 15) is 0 Å². The van der Waals surface area contributed by atoms with Crippen LogP contribution < -0.4 is 5.32 Å². The topological polar surface area (TPSA) is 12.0 Å². The van der Waals surface area contributed by atoms with Gasteiger partial charge in [-0.3, -0.25) is 0 Å². The van der Waals surface area contributed by atoms with Gasteiger partial charge in [-0.15, -0.1) is 0 Å². The van der Waals surface area contributed by atoms with Gasteiger partial charge in [-0.2, -0.15) is 0 Å². The van der Waals surface area contributed by atoms with Gasteiger partial charge >= 0.3 is 0 Å². The molecule has 12 heavy (non-hydrogen) atoms. The lowest BCUT2D eigenvalue weighted by Crippen LogP contribution is -2.26. The third-order valence-corrected chi connectivity index (χ3v) is 2.76. The molecule has 1 nitrogen and oxygen atoms in total. The molecule has 1 heteroatoms. The molecule has 0 saturated carbocycles. The number of hydrogen-bond donors (Lipinski definition) is 1. The van der Waals surface area contributed by atoms with Crippen molar-refractivity contribution < 1.29 is 0 Å². The molecule has 0 rings (SSSR count). The molecule has 0 fully saturated rings. The highest BCUT2D eigenvalue weighted by Gasteiger charge is 2.13. The molecule has 0 bridgehead atoms. The molecular formula is C11H25N. The molecule has 0 radical (unpaired) electrons. The van der Waals surface area contributed by atoms with Gasteiger partial charge in [0.15, 0.2) is 0 Å². The first-order chi connectivity index (χ1) is 5.76. The Balaban J connectivity index is 3.68. The van der Waals surface area contributed by atoms with Crippen LogP contribution in [0.15, 0.2) is 0 Å². The van der Waals surface area contributed by atoms with Gasteiger partial charge < -0.3 is 5.32 Å². The summed E-state index contributed by atoms with van der Waals surface area (Å²) in [5, 5.41) is 3.45. The van der Waals surface area contributed by atoms with E-state index in [0.717, 1.165) is 18.4 Å². The van der Waals surface area contributed by atoms with E-state index in [1.165, 1.54) is 25.8 Å². The Morgan fingerprint density at radius 2 is 1.83 bits per heavy atom. The molecule has 0 heterocycles. The van der Waals surface area contributed by atoms with Crippen LogP contribution >= 0.6 is 0 Å². The maximum absolute atomic E-state index is 3.45. The summed E-state index contributed by atoms with van der Waals surface area (Å²) in [6.07, 6.45) is 4.01. The molecule has 74 valence electrons. The van der Waals surface area contributed by atoms with Crippen LogP contribution in [0.25, 0.3) is 0 Å². The van der Waals surface area contributed by atoms with Gasteiger partial charge in [0, 0.05) is 0 Å². The molecule has 0 spiro atoms. The summed E-state index contributed by atoms with van der Waals surface area (Å²) >= 11 is 0. The van der Waals surface area contributed by atoms with Crippen LogP contribution in [0.3, 0.4) is 0 Å². The summed E-state index contributed by atoms with van der Waals surface area (Å²) < 4.78 is 0. The minimum Gasteiger partial charge on any atom is -0.317 e. The molecule has 0 aromatic carbocycles. The van der Waals surface area contributed by atoms with Crippen LogP contribution in [0.1, 0.15) is 47.0 Å². The summed E-state index contributed by atoms with van der Waals surface area (Å²) in [4.78, 5) is 0. The largest absolute Gasteiger partial charge is 0.317 e. The maximum atomic E-state index is 3.45. The van der Waals surface area contributed by atoms with E-state index in [2.05, 4.69) is 33.0 Å². The number of hydrogen-bond acceptors (Lipinski definition) is 1. The lowest BCUT2D eigenvalue weighted by atomic mass is 9.88. The van der Waals surface area contributed by atoms with Crippen LogP contribution in [0.4, 0.5) is 0 Å². The predicted octanol–water partition coefficient (Wildman–Crippen LogP) is 3.06. The Kier molecular flexibility index (Phi) is 7.58. The maximum Gasteiger partial charge on any atom is -0.00181 e. The highest BCUT2D eigenvalue weighted by Crippen LogP contribution is 2.19. The van der Waals surface area contributed by atoms with Crippen molar-refractivity contribution in [2.45, 2.75) is 47.0 Å². The van der Waals surface area contributed by atoms with Gasteiger partial charge in [-0.1, -0.05) is 40.5 Å². The number of nitrogens with one attached hydrogen (secondary N) is 1. The third kappa shape index (κ3) is 4.76. The Morgan fingerprint density at radius 3 is 2.25 bits per heavy atom. The normalized spacial score (nSPS) is 16.0. The van der Waals surface area contributed by atoms with E-state index in [1.54, 1.807) is 0 Å². The molecule has 0 aromatic heterocycles. The van der Waals surface area contributed by atoms with Crippen LogP contribution in [0.5, 0.6) is 0 Å². The summed E-state index contributed by atoms with van der Waals surface area (Å²) in [6.45, 7) is 11.4. The monoisotopic (exact) mass is 171 g/mol. The molecule has 0 amide bonds. The molecule has 0 aliphatic carbocycles. The Hall–Kier alpha value is -0.0400. The zero-order chi connectivity index (χ0) is 9.40. The summed E-state index contributed by atoms with van der Waals surface area (Å²) in [6, 6.07) is 0. The van der Waals surface area contributed by atoms with Crippen LogP contribution in [-0.2, 0) is 0 Å². The molecule has 2 unspecified atom stereocenters. The first kappa shape index (κ1) is 12.0. The van der Waals surface area contributed by atoms with Crippen molar-refractivity contribution in [2.75, 3.05) is 13.1 Å². The summed E-state index contributed by atoms with van der Waals surface area (Å²) in [7, 11) is 0. The standard InChI is InChI=1S/C11H25N/c1-5-8-11(9-12-7-3)10(4)6-2/h10-12H,5-9H2,1-4H3. The van der Waals surface area contributed by atoms with Gasteiger partial charge in [0.2, 0.25) is 0 Å². The molecular weight excluding hydrogens is 146 g/mol. The van der Waals surface area contributed by atoms with Crippen molar-refractivity contribution in [1.29, 1.82) is 0 Å². The van der Waals surface area contributed by atoms with Crippen LogP contribution in [-0.4, -0.2) is 13.1 Å². The lowest BCUT2D eigenvalue weighted by Gasteiger charge is -2.22. The van der Waals surface area contributed by atoms with Gasteiger partial charge in [0.05, 0.1) is 0 Å². The summed E-state index contributed by atoms with van der Waals surface area (Å²) in [5.41, 5.74) is 0. The SMILES string of the molecule is CCCC(CNCC)C(C)CC. The van der Waals surface area contributed by atoms with E-state index in [4.69, 9.17) is 0 Å². The van der Waals surface area contributed by atoms with Crippen molar-refractivity contribution in [3.8, 4) is 0 Å². The lowest BCUT2D eigenvalue weighted by molar-refractivity contribution is 0.312. The van der Waals surface area contributed by atoms with Crippen molar-refractivity contribution in [3.05, 3.63) is 0 Å². The molecule has 0 saturated heterocycles. The van der Waals surface area contributed by atoms with E-state index < -0.39 is 0 Å². The van der Waals surface area contributed by atoms with Gasteiger partial charge in [-0.05, 0) is 31.3 Å². The molecule has 1 N–H and O–H groups in total. The fraction of sp³-hybridized carbons (Fsp3) is 1.00. The summed E-state index contributed by atoms with van der Waals surface area (Å²) in [5.74, 6) is 1.77. The molecule has 0 aromatic rings. The van der Waals surface area contributed by atoms with Crippen molar-refractivity contribution >= 4 is 0 Å². The average Bonchev–Trinajstić information content (AvgIpc) is 2.11. The van der Waals surface area contributed by atoms with Gasteiger partial charge in [-0.25, -0.2) is 0 Å². The second-order valence-corrected chi connectivity index (χ2v) is 3.74. The fourth-order valence-corrected chi connectivity index (χ4v) is 1.62. The van der Waals surface area contributed by atoms with E-state index in [0.29, 0.717) is 0 Å². The first-order valence-electron chi connectivity index (χ1n) is 5.46. The third-order valence-electron chi connectivity index (χ3n) is 2.76. The highest BCUT2D eigenvalue weighted by atomic mass is 14.8. The van der Waals surface area contributed by atoms with Crippen LogP contribution in [0.2, 0.25) is 0 Å². The zero-order valence-electron chi connectivity index (χ0n) is 9.19. The predicted molar refractivity (Wildman–Crippen MR) is 56.4 cm³/mol. The highest BCUT2D eigenvalue weighted by molar-refractivity contribution is 4.67. The van der Waals surface area contributed by atoms with Crippen molar-refractivity contribution in [1.82, 2.24) is 5.32 Å². The Bertz CT molecular complexity index is 91.0. The minimum absolute atomic E-state index is 0.879. The van der Waals surface area contributed by atoms with E-state index >= 15 is 0 Å². The Labute approximate surface area is 77.9 Å². The quantitative estimate of drug-likeness (QED) is 0.621. The van der Waals surface area contributed by atoms with Crippen molar-refractivity contribution in [2.24, 2.45) is 11.8 Å². The van der Waals surface area contributed by atoms with E-state index in [1.807, 2.05) is 0 Å². The molecule has 0 aliphatic rings. The zero-order valence-corrected chi connectivity index (χ0v) is 9.19. The Morgan fingerprint density at radius 1 is 1.17 bits per heavy atom. The van der Waals surface area contributed by atoms with Crippen LogP contribution in [0, 0.1) is 11.8 Å². The van der Waals surface area contributed by atoms with Gasteiger partial charge in [0.25, 0.3) is 0 Å². The van der Waals surface area contributed by atoms with Gasteiger partial charge in [0.1, 0.15) is 0 Å². The average molecular weight is 171 g/mol. The first-order valence-corrected chi connectivity index (χ1v) is 5.46. The van der Waals surface area contributed by atoms with E-state index in [-0.39, 0.29) is 0 Å². The molecule has 2 atom stereocenters. The second kappa shape index (κ2) is 7.60.